The molecule has 1 aliphatic rings. The summed E-state index contributed by atoms with van der Waals surface area (Å²) in [6, 6.07) is 9.83. The fourth-order valence-corrected chi connectivity index (χ4v) is 5.93. The van der Waals surface area contributed by atoms with E-state index in [4.69, 9.17) is 4.98 Å². The first-order valence-corrected chi connectivity index (χ1v) is 14.5. The molecule has 1 atom stereocenters. The topological polar surface area (TPSA) is 70.5 Å². The first-order valence-electron chi connectivity index (χ1n) is 13.6. The molecule has 37 heavy (non-hydrogen) atoms. The number of aromatic nitrogens is 2. The zero-order valence-corrected chi connectivity index (χ0v) is 23.7. The third-order valence-corrected chi connectivity index (χ3v) is 8.25. The lowest BCUT2D eigenvalue weighted by atomic mass is 10.0. The Morgan fingerprint density at radius 2 is 1.81 bits per heavy atom. The Hall–Kier alpha value is -2.71. The van der Waals surface area contributed by atoms with Gasteiger partial charge in [-0.25, -0.2) is 4.98 Å². The van der Waals surface area contributed by atoms with Crippen molar-refractivity contribution in [2.24, 2.45) is 5.92 Å². The van der Waals surface area contributed by atoms with Crippen molar-refractivity contribution in [2.75, 3.05) is 33.2 Å². The third-order valence-electron chi connectivity index (χ3n) is 7.37. The van der Waals surface area contributed by atoms with Gasteiger partial charge in [0.2, 0.25) is 5.91 Å². The lowest BCUT2D eigenvalue weighted by Crippen LogP contribution is -2.54. The van der Waals surface area contributed by atoms with Crippen molar-refractivity contribution in [1.82, 2.24) is 24.7 Å². The van der Waals surface area contributed by atoms with Crippen molar-refractivity contribution in [3.8, 4) is 0 Å². The summed E-state index contributed by atoms with van der Waals surface area (Å²) in [5, 5.41) is 5.16. The number of thiophene rings is 1. The molecule has 2 aromatic heterocycles. The molecule has 1 saturated heterocycles. The Balaban J connectivity index is 1.59. The monoisotopic (exact) mass is 523 g/mol. The quantitative estimate of drug-likeness (QED) is 0.407. The Morgan fingerprint density at radius 3 is 2.43 bits per heavy atom. The van der Waals surface area contributed by atoms with Gasteiger partial charge in [0, 0.05) is 49.1 Å². The zero-order valence-electron chi connectivity index (χ0n) is 22.9. The van der Waals surface area contributed by atoms with Gasteiger partial charge in [0.25, 0.3) is 5.91 Å². The van der Waals surface area contributed by atoms with Crippen molar-refractivity contribution in [2.45, 2.75) is 65.5 Å². The fraction of sp³-hybridized carbons (Fsp3) is 0.552. The highest BCUT2D eigenvalue weighted by Gasteiger charge is 2.29. The van der Waals surface area contributed by atoms with Gasteiger partial charge in [-0.3, -0.25) is 9.59 Å². The van der Waals surface area contributed by atoms with Crippen molar-refractivity contribution in [1.29, 1.82) is 0 Å². The molecule has 2 amide bonds. The molecule has 1 fully saturated rings. The fourth-order valence-electron chi connectivity index (χ4n) is 5.23. The molecule has 1 aromatic carbocycles. The lowest BCUT2D eigenvalue weighted by molar-refractivity contribution is -0.135. The van der Waals surface area contributed by atoms with E-state index in [1.54, 1.807) is 11.3 Å². The van der Waals surface area contributed by atoms with Crippen LogP contribution in [-0.2, 0) is 11.2 Å². The number of likely N-dealkylation sites (N-methyl/N-ethyl adjacent to an activating group) is 1. The van der Waals surface area contributed by atoms with E-state index in [-0.39, 0.29) is 11.8 Å². The number of carbonyl (C=O) groups excluding carboxylic acids is 2. The van der Waals surface area contributed by atoms with Crippen molar-refractivity contribution >= 4 is 34.2 Å². The zero-order chi connectivity index (χ0) is 26.5. The van der Waals surface area contributed by atoms with Gasteiger partial charge in [0.15, 0.2) is 0 Å². The van der Waals surface area contributed by atoms with E-state index in [9.17, 15) is 9.59 Å². The number of carbonyl (C=O) groups is 2. The van der Waals surface area contributed by atoms with E-state index in [1.807, 2.05) is 23.1 Å². The highest BCUT2D eigenvalue weighted by molar-refractivity contribution is 7.09. The molecule has 0 saturated carbocycles. The number of hydrogen-bond acceptors (Lipinski definition) is 5. The smallest absolute Gasteiger partial charge is 0.252 e. The maximum atomic E-state index is 13.4. The van der Waals surface area contributed by atoms with E-state index in [2.05, 4.69) is 67.0 Å². The van der Waals surface area contributed by atoms with E-state index in [1.165, 1.54) is 4.88 Å². The van der Waals surface area contributed by atoms with Crippen LogP contribution in [0.5, 0.6) is 0 Å². The summed E-state index contributed by atoms with van der Waals surface area (Å²) >= 11 is 1.74. The van der Waals surface area contributed by atoms with Crippen molar-refractivity contribution < 1.29 is 9.59 Å². The molecular formula is C29H41N5O2S. The van der Waals surface area contributed by atoms with Crippen molar-refractivity contribution in [3.05, 3.63) is 52.0 Å². The number of nitrogens with zero attached hydrogens (tertiary/aromatic N) is 4. The van der Waals surface area contributed by atoms with Crippen molar-refractivity contribution in [3.63, 3.8) is 0 Å². The SMILES string of the molecule is CCC(CC)n1c(Cc2cccs2)nc2cc(C(=O)NC(CC(C)C)C(=O)N3CCN(C)CC3)ccc21. The van der Waals surface area contributed by atoms with Gasteiger partial charge in [-0.2, -0.15) is 0 Å². The van der Waals surface area contributed by atoms with Crippen LogP contribution in [0.1, 0.15) is 74.1 Å². The molecule has 0 aliphatic carbocycles. The molecule has 7 nitrogen and oxygen atoms in total. The van der Waals surface area contributed by atoms with Gasteiger partial charge in [0.1, 0.15) is 11.9 Å². The number of fused-ring (bicyclic) bond motifs is 1. The van der Waals surface area contributed by atoms with E-state index < -0.39 is 6.04 Å². The summed E-state index contributed by atoms with van der Waals surface area (Å²) in [5.41, 5.74) is 2.44. The normalized spacial score (nSPS) is 15.6. The van der Waals surface area contributed by atoms with E-state index in [0.717, 1.165) is 49.2 Å². The second-order valence-electron chi connectivity index (χ2n) is 10.6. The maximum Gasteiger partial charge on any atom is 0.252 e. The molecule has 1 aliphatic heterocycles. The molecule has 8 heteroatoms. The Bertz CT molecular complexity index is 1190. The number of nitrogens with one attached hydrogen (secondary N) is 1. The predicted octanol–water partition coefficient (Wildman–Crippen LogP) is 4.97. The van der Waals surface area contributed by atoms with Gasteiger partial charge in [-0.15, -0.1) is 11.3 Å². The lowest BCUT2D eigenvalue weighted by Gasteiger charge is -2.35. The van der Waals surface area contributed by atoms with Crippen LogP contribution in [-0.4, -0.2) is 70.4 Å². The summed E-state index contributed by atoms with van der Waals surface area (Å²) in [6.07, 6.45) is 3.44. The number of imidazole rings is 1. The number of rotatable bonds is 10. The van der Waals surface area contributed by atoms with Crippen LogP contribution in [0.2, 0.25) is 0 Å². The highest BCUT2D eigenvalue weighted by atomic mass is 32.1. The molecular weight excluding hydrogens is 482 g/mol. The highest BCUT2D eigenvalue weighted by Crippen LogP contribution is 2.28. The minimum atomic E-state index is -0.525. The van der Waals surface area contributed by atoms with Crippen LogP contribution in [0.3, 0.4) is 0 Å². The molecule has 3 heterocycles. The maximum absolute atomic E-state index is 13.4. The molecule has 4 rings (SSSR count). The van der Waals surface area contributed by atoms with E-state index >= 15 is 0 Å². The van der Waals surface area contributed by atoms with Crippen LogP contribution in [0.15, 0.2) is 35.7 Å². The molecule has 200 valence electrons. The molecule has 1 unspecified atom stereocenters. The largest absolute Gasteiger partial charge is 0.340 e. The van der Waals surface area contributed by atoms with Crippen LogP contribution < -0.4 is 5.32 Å². The second-order valence-corrected chi connectivity index (χ2v) is 11.6. The molecule has 0 radical (unpaired) electrons. The van der Waals surface area contributed by atoms with Gasteiger partial charge < -0.3 is 19.7 Å². The van der Waals surface area contributed by atoms with Gasteiger partial charge in [-0.1, -0.05) is 33.8 Å². The summed E-state index contributed by atoms with van der Waals surface area (Å²) in [5.74, 6) is 1.13. The van der Waals surface area contributed by atoms with Gasteiger partial charge in [0.05, 0.1) is 11.0 Å². The van der Waals surface area contributed by atoms with E-state index in [0.29, 0.717) is 37.0 Å². The average molecular weight is 524 g/mol. The molecule has 0 spiro atoms. The minimum Gasteiger partial charge on any atom is -0.340 e. The third kappa shape index (κ3) is 6.41. The number of hydrogen-bond donors (Lipinski definition) is 1. The first-order chi connectivity index (χ1) is 17.8. The van der Waals surface area contributed by atoms with Crippen LogP contribution >= 0.6 is 11.3 Å². The minimum absolute atomic E-state index is 0.0208. The summed E-state index contributed by atoms with van der Waals surface area (Å²) < 4.78 is 2.36. The Kier molecular flexibility index (Phi) is 9.03. The summed E-state index contributed by atoms with van der Waals surface area (Å²) in [4.78, 5) is 37.1. The van der Waals surface area contributed by atoms with Crippen LogP contribution in [0.25, 0.3) is 11.0 Å². The molecule has 1 N–H and O–H groups in total. The Morgan fingerprint density at radius 1 is 1.08 bits per heavy atom. The summed E-state index contributed by atoms with van der Waals surface area (Å²) in [6.45, 7) is 11.7. The second kappa shape index (κ2) is 12.2. The predicted molar refractivity (Wildman–Crippen MR) is 151 cm³/mol. The number of piperazine rings is 1. The molecule has 0 bridgehead atoms. The standard InChI is InChI=1S/C29H41N5O2S/c1-6-22(7-2)34-26-11-10-21(18-24(26)30-27(34)19-23-9-8-16-37-23)28(35)31-25(17-20(3)4)29(36)33-14-12-32(5)13-15-33/h8-11,16,18,20,22,25H,6-7,12-15,17,19H2,1-5H3,(H,31,35). The summed E-state index contributed by atoms with van der Waals surface area (Å²) in [7, 11) is 2.07. The number of benzene rings is 1. The van der Waals surface area contributed by atoms with Crippen LogP contribution in [0.4, 0.5) is 0 Å². The number of amides is 2. The van der Waals surface area contributed by atoms with Gasteiger partial charge in [-0.05, 0) is 61.9 Å². The van der Waals surface area contributed by atoms with Gasteiger partial charge >= 0.3 is 0 Å². The first kappa shape index (κ1) is 27.3. The molecule has 3 aromatic rings. The Labute approximate surface area is 224 Å². The van der Waals surface area contributed by atoms with Crippen LogP contribution in [0, 0.1) is 5.92 Å². The average Bonchev–Trinajstić information content (AvgIpc) is 3.52.